The first-order valence-electron chi connectivity index (χ1n) is 8.28. The summed E-state index contributed by atoms with van der Waals surface area (Å²) in [6.45, 7) is 8.81. The Labute approximate surface area is 139 Å². The van der Waals surface area contributed by atoms with Crippen LogP contribution in [-0.4, -0.2) is 42.9 Å². The summed E-state index contributed by atoms with van der Waals surface area (Å²) in [5.41, 5.74) is 0.207. The Kier molecular flexibility index (Phi) is 6.69. The molecule has 0 bridgehead atoms. The van der Waals surface area contributed by atoms with E-state index in [1.165, 1.54) is 0 Å². The number of benzene rings is 1. The van der Waals surface area contributed by atoms with Crippen LogP contribution in [0.2, 0.25) is 5.02 Å². The van der Waals surface area contributed by atoms with Crippen molar-refractivity contribution in [2.75, 3.05) is 32.8 Å². The first kappa shape index (κ1) is 17.7. The van der Waals surface area contributed by atoms with Crippen molar-refractivity contribution < 1.29 is 9.84 Å². The molecule has 1 heterocycles. The van der Waals surface area contributed by atoms with Crippen LogP contribution in [0, 0.1) is 5.92 Å². The van der Waals surface area contributed by atoms with Crippen LogP contribution >= 0.6 is 11.6 Å². The third-order valence-corrected chi connectivity index (χ3v) is 4.71. The van der Waals surface area contributed by atoms with Gasteiger partial charge in [0.2, 0.25) is 0 Å². The summed E-state index contributed by atoms with van der Waals surface area (Å²) >= 11 is 5.98. The van der Waals surface area contributed by atoms with Gasteiger partial charge in [-0.15, -0.1) is 0 Å². The van der Waals surface area contributed by atoms with Crippen LogP contribution in [0.3, 0.4) is 0 Å². The number of morpholine rings is 1. The lowest BCUT2D eigenvalue weighted by Gasteiger charge is -2.34. The molecule has 1 N–H and O–H groups in total. The molecule has 0 unspecified atom stereocenters. The molecule has 2 rings (SSSR count). The Hall–Kier alpha value is -0.610. The van der Waals surface area contributed by atoms with E-state index in [4.69, 9.17) is 16.3 Å². The standard InChI is InChI=1S/C18H28ClNO2/c1-15(2)7-8-18(21,16-3-5-17(19)6-4-16)9-10-20-11-13-22-14-12-20/h3-6,15,21H,7-14H2,1-2H3/t18-/m0/s1. The number of hydrogen-bond donors (Lipinski definition) is 1. The molecule has 0 aliphatic carbocycles. The number of nitrogens with zero attached hydrogens (tertiary/aromatic N) is 1. The molecule has 0 saturated carbocycles. The number of halogens is 1. The van der Waals surface area contributed by atoms with E-state index >= 15 is 0 Å². The SMILES string of the molecule is CC(C)CC[C@](O)(CCN1CCOCC1)c1ccc(Cl)cc1. The average Bonchev–Trinajstić information content (AvgIpc) is 2.53. The molecule has 1 aliphatic rings. The average molecular weight is 326 g/mol. The minimum Gasteiger partial charge on any atom is -0.385 e. The Morgan fingerprint density at radius 1 is 1.18 bits per heavy atom. The topological polar surface area (TPSA) is 32.7 Å². The normalized spacial score (nSPS) is 19.3. The minimum absolute atomic E-state index is 0.585. The van der Waals surface area contributed by atoms with Crippen LogP contribution in [0.25, 0.3) is 0 Å². The van der Waals surface area contributed by atoms with Crippen LogP contribution < -0.4 is 0 Å². The molecular weight excluding hydrogens is 298 g/mol. The van der Waals surface area contributed by atoms with E-state index in [1.807, 2.05) is 24.3 Å². The van der Waals surface area contributed by atoms with E-state index in [0.29, 0.717) is 10.9 Å². The Bertz CT molecular complexity index is 443. The lowest BCUT2D eigenvalue weighted by atomic mass is 9.84. The molecule has 1 aliphatic heterocycles. The lowest BCUT2D eigenvalue weighted by Crippen LogP contribution is -2.40. The third-order valence-electron chi connectivity index (χ3n) is 4.46. The molecule has 1 atom stereocenters. The summed E-state index contributed by atoms with van der Waals surface area (Å²) in [7, 11) is 0. The smallest absolute Gasteiger partial charge is 0.0908 e. The van der Waals surface area contributed by atoms with E-state index in [2.05, 4.69) is 18.7 Å². The number of aliphatic hydroxyl groups is 1. The molecule has 0 radical (unpaired) electrons. The molecule has 1 fully saturated rings. The zero-order chi connectivity index (χ0) is 16.0. The highest BCUT2D eigenvalue weighted by Gasteiger charge is 2.30. The molecule has 0 aromatic heterocycles. The van der Waals surface area contributed by atoms with Gasteiger partial charge in [-0.2, -0.15) is 0 Å². The zero-order valence-corrected chi connectivity index (χ0v) is 14.5. The second-order valence-corrected chi connectivity index (χ2v) is 7.11. The molecule has 4 heteroatoms. The van der Waals surface area contributed by atoms with Gasteiger partial charge in [0.25, 0.3) is 0 Å². The summed E-state index contributed by atoms with van der Waals surface area (Å²) < 4.78 is 5.39. The van der Waals surface area contributed by atoms with Crippen molar-refractivity contribution >= 4 is 11.6 Å². The van der Waals surface area contributed by atoms with Gasteiger partial charge in [0.15, 0.2) is 0 Å². The predicted molar refractivity (Wildman–Crippen MR) is 91.3 cm³/mol. The maximum absolute atomic E-state index is 11.3. The summed E-state index contributed by atoms with van der Waals surface area (Å²) in [6.07, 6.45) is 2.56. The fourth-order valence-corrected chi connectivity index (χ4v) is 3.00. The molecule has 1 aromatic rings. The van der Waals surface area contributed by atoms with Gasteiger partial charge in [0.05, 0.1) is 18.8 Å². The molecule has 22 heavy (non-hydrogen) atoms. The highest BCUT2D eigenvalue weighted by molar-refractivity contribution is 6.30. The Morgan fingerprint density at radius 2 is 1.82 bits per heavy atom. The van der Waals surface area contributed by atoms with Crippen LogP contribution in [0.1, 0.15) is 38.7 Å². The fraction of sp³-hybridized carbons (Fsp3) is 0.667. The van der Waals surface area contributed by atoms with Crippen molar-refractivity contribution in [3.05, 3.63) is 34.9 Å². The van der Waals surface area contributed by atoms with Gasteiger partial charge in [-0.1, -0.05) is 37.6 Å². The number of ether oxygens (including phenoxy) is 1. The fourth-order valence-electron chi connectivity index (χ4n) is 2.87. The maximum Gasteiger partial charge on any atom is 0.0908 e. The number of hydrogen-bond acceptors (Lipinski definition) is 3. The zero-order valence-electron chi connectivity index (χ0n) is 13.7. The summed E-state index contributed by atoms with van der Waals surface area (Å²) in [6, 6.07) is 7.65. The quantitative estimate of drug-likeness (QED) is 0.830. The molecule has 3 nitrogen and oxygen atoms in total. The Balaban J connectivity index is 2.04. The summed E-state index contributed by atoms with van der Waals surface area (Å²) in [4.78, 5) is 2.37. The van der Waals surface area contributed by atoms with E-state index < -0.39 is 5.60 Å². The largest absolute Gasteiger partial charge is 0.385 e. The highest BCUT2D eigenvalue weighted by atomic mass is 35.5. The molecule has 1 saturated heterocycles. The van der Waals surface area contributed by atoms with Crippen molar-refractivity contribution in [1.82, 2.24) is 4.90 Å². The van der Waals surface area contributed by atoms with Gasteiger partial charge in [-0.05, 0) is 42.9 Å². The monoisotopic (exact) mass is 325 g/mol. The first-order chi connectivity index (χ1) is 10.5. The highest BCUT2D eigenvalue weighted by Crippen LogP contribution is 2.32. The van der Waals surface area contributed by atoms with E-state index in [0.717, 1.165) is 57.7 Å². The molecular formula is C18H28ClNO2. The third kappa shape index (κ3) is 5.24. The van der Waals surface area contributed by atoms with Crippen LogP contribution in [0.15, 0.2) is 24.3 Å². The van der Waals surface area contributed by atoms with Gasteiger partial charge < -0.3 is 9.84 Å². The second kappa shape index (κ2) is 8.30. The van der Waals surface area contributed by atoms with Crippen LogP contribution in [0.5, 0.6) is 0 Å². The minimum atomic E-state index is -0.771. The summed E-state index contributed by atoms with van der Waals surface area (Å²) in [5.74, 6) is 0.585. The van der Waals surface area contributed by atoms with Gasteiger partial charge in [0, 0.05) is 24.7 Å². The summed E-state index contributed by atoms with van der Waals surface area (Å²) in [5, 5.41) is 12.0. The second-order valence-electron chi connectivity index (χ2n) is 6.68. The van der Waals surface area contributed by atoms with Crippen molar-refractivity contribution in [2.45, 2.75) is 38.7 Å². The van der Waals surface area contributed by atoms with Crippen LogP contribution in [-0.2, 0) is 10.3 Å². The van der Waals surface area contributed by atoms with Crippen molar-refractivity contribution in [3.63, 3.8) is 0 Å². The molecule has 1 aromatic carbocycles. The molecule has 0 amide bonds. The van der Waals surface area contributed by atoms with Crippen molar-refractivity contribution in [1.29, 1.82) is 0 Å². The Morgan fingerprint density at radius 3 is 2.41 bits per heavy atom. The van der Waals surface area contributed by atoms with Crippen LogP contribution in [0.4, 0.5) is 0 Å². The van der Waals surface area contributed by atoms with Gasteiger partial charge in [-0.3, -0.25) is 4.90 Å². The molecule has 0 spiro atoms. The van der Waals surface area contributed by atoms with E-state index in [1.54, 1.807) is 0 Å². The lowest BCUT2D eigenvalue weighted by molar-refractivity contribution is -0.0128. The first-order valence-corrected chi connectivity index (χ1v) is 8.66. The van der Waals surface area contributed by atoms with E-state index in [9.17, 15) is 5.11 Å². The predicted octanol–water partition coefficient (Wildman–Crippen LogP) is 3.69. The maximum atomic E-state index is 11.3. The van der Waals surface area contributed by atoms with Gasteiger partial charge in [-0.25, -0.2) is 0 Å². The van der Waals surface area contributed by atoms with Gasteiger partial charge in [0.1, 0.15) is 0 Å². The van der Waals surface area contributed by atoms with E-state index in [-0.39, 0.29) is 0 Å². The number of rotatable bonds is 7. The molecule has 124 valence electrons. The van der Waals surface area contributed by atoms with Gasteiger partial charge >= 0.3 is 0 Å². The van der Waals surface area contributed by atoms with Crippen molar-refractivity contribution in [3.8, 4) is 0 Å². The van der Waals surface area contributed by atoms with Crippen molar-refractivity contribution in [2.24, 2.45) is 5.92 Å².